The highest BCUT2D eigenvalue weighted by Gasteiger charge is 2.27. The summed E-state index contributed by atoms with van der Waals surface area (Å²) in [6.07, 6.45) is 0. The second-order valence-electron chi connectivity index (χ2n) is 9.22. The first-order valence-electron chi connectivity index (χ1n) is 12.3. The topological polar surface area (TPSA) is 120 Å². The number of hydrogen-bond donors (Lipinski definition) is 1. The lowest BCUT2D eigenvalue weighted by atomic mass is 10.1. The highest BCUT2D eigenvalue weighted by Crippen LogP contribution is 2.26. The van der Waals surface area contributed by atoms with Crippen molar-refractivity contribution < 1.29 is 17.9 Å². The number of rotatable bonds is 6. The highest BCUT2D eigenvalue weighted by molar-refractivity contribution is 7.90. The summed E-state index contributed by atoms with van der Waals surface area (Å²) < 4.78 is 34.2. The quantitative estimate of drug-likeness (QED) is 0.359. The van der Waals surface area contributed by atoms with Crippen LogP contribution in [-0.4, -0.2) is 54.1 Å². The maximum Gasteiger partial charge on any atom is 0.350 e. The van der Waals surface area contributed by atoms with Gasteiger partial charge in [0.2, 0.25) is 5.91 Å². The van der Waals surface area contributed by atoms with Gasteiger partial charge < -0.3 is 10.1 Å². The molecule has 1 aliphatic rings. The molecule has 3 aromatic carbocycles. The molecule has 0 saturated carbocycles. The van der Waals surface area contributed by atoms with Crippen LogP contribution < -0.4 is 16.6 Å². The Morgan fingerprint density at radius 3 is 2.30 bits per heavy atom. The molecule has 13 heteroatoms. The maximum atomic E-state index is 14.1. The molecule has 2 heterocycles. The number of carbonyl (C=O) groups is 1. The van der Waals surface area contributed by atoms with Crippen molar-refractivity contribution in [1.29, 1.82) is 0 Å². The summed E-state index contributed by atoms with van der Waals surface area (Å²) in [5, 5.41) is 3.19. The third kappa shape index (κ3) is 5.43. The molecule has 0 atom stereocenters. The number of halogens is 2. The fraction of sp³-hybridized carbons (Fsp3) is 0.222. The monoisotopic (exact) mass is 602 g/mol. The van der Waals surface area contributed by atoms with Gasteiger partial charge in [0, 0.05) is 42.3 Å². The Bertz CT molecular complexity index is 1850. The fourth-order valence-electron chi connectivity index (χ4n) is 4.60. The second kappa shape index (κ2) is 11.2. The lowest BCUT2D eigenvalue weighted by molar-refractivity contribution is -0.114. The van der Waals surface area contributed by atoms with E-state index in [0.29, 0.717) is 49.1 Å². The van der Waals surface area contributed by atoms with Crippen molar-refractivity contribution in [3.05, 3.63) is 97.1 Å². The van der Waals surface area contributed by atoms with E-state index in [2.05, 4.69) is 10.2 Å². The minimum absolute atomic E-state index is 0.0382. The Morgan fingerprint density at radius 2 is 1.62 bits per heavy atom. The van der Waals surface area contributed by atoms with Gasteiger partial charge >= 0.3 is 5.69 Å². The summed E-state index contributed by atoms with van der Waals surface area (Å²) in [6.45, 7) is 4.14. The molecule has 1 aliphatic heterocycles. The normalized spacial score (nSPS) is 14.4. The summed E-state index contributed by atoms with van der Waals surface area (Å²) in [7, 11) is -4.64. The maximum absolute atomic E-state index is 14.1. The van der Waals surface area contributed by atoms with Gasteiger partial charge in [-0.3, -0.25) is 19.1 Å². The largest absolute Gasteiger partial charge is 0.379 e. The van der Waals surface area contributed by atoms with Crippen LogP contribution in [0.15, 0.2) is 75.1 Å². The highest BCUT2D eigenvalue weighted by atomic mass is 35.5. The lowest BCUT2D eigenvalue weighted by Gasteiger charge is -2.28. The number of benzene rings is 3. The van der Waals surface area contributed by atoms with E-state index in [0.717, 1.165) is 4.57 Å². The molecule has 1 fully saturated rings. The van der Waals surface area contributed by atoms with E-state index < -0.39 is 21.3 Å². The zero-order valence-electron chi connectivity index (χ0n) is 21.3. The Kier molecular flexibility index (Phi) is 7.85. The van der Waals surface area contributed by atoms with Crippen LogP contribution in [0.3, 0.4) is 0 Å². The van der Waals surface area contributed by atoms with Gasteiger partial charge in [-0.05, 0) is 60.2 Å². The van der Waals surface area contributed by atoms with Crippen LogP contribution in [0.25, 0.3) is 16.6 Å². The molecule has 1 aromatic heterocycles. The first-order chi connectivity index (χ1) is 19.1. The van der Waals surface area contributed by atoms with Crippen molar-refractivity contribution in [2.24, 2.45) is 0 Å². The van der Waals surface area contributed by atoms with Crippen molar-refractivity contribution in [1.82, 2.24) is 13.4 Å². The number of nitrogens with zero attached hydrogens (tertiary/aromatic N) is 3. The van der Waals surface area contributed by atoms with Gasteiger partial charge in [-0.2, -0.15) is 0 Å². The number of amides is 1. The van der Waals surface area contributed by atoms with Crippen molar-refractivity contribution in [2.45, 2.75) is 18.4 Å². The van der Waals surface area contributed by atoms with E-state index in [1.54, 1.807) is 18.2 Å². The molecule has 1 saturated heterocycles. The molecule has 0 unspecified atom stereocenters. The standard InChI is InChI=1S/C27H24Cl2N4O6S/c1-17(34)30-21-6-2-18(16-31-10-12-39-13-11-31)24(15-21)32-25-14-20(29)5-9-23(25)26(35)33(27(32)36)40(37,38)22-7-3-19(28)4-8-22/h2-9,14-15H,10-13,16H2,1H3,(H,30,34). The number of anilines is 1. The molecule has 0 bridgehead atoms. The van der Waals surface area contributed by atoms with Crippen LogP contribution in [0.2, 0.25) is 10.0 Å². The van der Waals surface area contributed by atoms with Gasteiger partial charge in [-0.25, -0.2) is 13.2 Å². The summed E-state index contributed by atoms with van der Waals surface area (Å²) in [6, 6.07) is 14.4. The van der Waals surface area contributed by atoms with Crippen molar-refractivity contribution in [3.8, 4) is 5.69 Å². The minimum Gasteiger partial charge on any atom is -0.379 e. The van der Waals surface area contributed by atoms with E-state index in [1.807, 2.05) is 0 Å². The van der Waals surface area contributed by atoms with E-state index in [-0.39, 0.29) is 36.4 Å². The zero-order valence-corrected chi connectivity index (χ0v) is 23.6. The van der Waals surface area contributed by atoms with E-state index >= 15 is 0 Å². The van der Waals surface area contributed by atoms with E-state index in [1.165, 1.54) is 49.4 Å². The predicted octanol–water partition coefficient (Wildman–Crippen LogP) is 3.49. The van der Waals surface area contributed by atoms with Gasteiger partial charge in [-0.15, -0.1) is 3.97 Å². The van der Waals surface area contributed by atoms with Crippen LogP contribution in [0.1, 0.15) is 12.5 Å². The van der Waals surface area contributed by atoms with Crippen molar-refractivity contribution in [2.75, 3.05) is 31.6 Å². The van der Waals surface area contributed by atoms with Crippen LogP contribution >= 0.6 is 23.2 Å². The summed E-state index contributed by atoms with van der Waals surface area (Å²) >= 11 is 12.2. The van der Waals surface area contributed by atoms with Crippen LogP contribution in [-0.2, 0) is 26.1 Å². The van der Waals surface area contributed by atoms with E-state index in [9.17, 15) is 22.8 Å². The van der Waals surface area contributed by atoms with Crippen molar-refractivity contribution >= 4 is 55.7 Å². The number of carbonyl (C=O) groups excluding carboxylic acids is 1. The summed E-state index contributed by atoms with van der Waals surface area (Å²) in [4.78, 5) is 41.4. The molecule has 0 radical (unpaired) electrons. The summed E-state index contributed by atoms with van der Waals surface area (Å²) in [5.41, 5.74) is -0.682. The smallest absolute Gasteiger partial charge is 0.350 e. The molecule has 208 valence electrons. The average Bonchev–Trinajstić information content (AvgIpc) is 2.90. The van der Waals surface area contributed by atoms with Crippen molar-refractivity contribution in [3.63, 3.8) is 0 Å². The number of ether oxygens (including phenoxy) is 1. The Hall–Kier alpha value is -3.48. The van der Waals surface area contributed by atoms with Gasteiger partial charge in [-0.1, -0.05) is 29.3 Å². The molecule has 40 heavy (non-hydrogen) atoms. The lowest BCUT2D eigenvalue weighted by Crippen LogP contribution is -2.44. The van der Waals surface area contributed by atoms with Gasteiger partial charge in [0.1, 0.15) is 0 Å². The fourth-order valence-corrected chi connectivity index (χ4v) is 6.19. The molecule has 1 amide bonds. The third-order valence-corrected chi connectivity index (χ3v) is 8.63. The van der Waals surface area contributed by atoms with Gasteiger partial charge in [0.25, 0.3) is 15.6 Å². The zero-order chi connectivity index (χ0) is 28.6. The first-order valence-corrected chi connectivity index (χ1v) is 14.5. The molecule has 4 aromatic rings. The van der Waals surface area contributed by atoms with Crippen LogP contribution in [0.4, 0.5) is 5.69 Å². The average molecular weight is 603 g/mol. The van der Waals surface area contributed by atoms with Gasteiger partial charge in [0.15, 0.2) is 0 Å². The Balaban J connectivity index is 1.84. The molecule has 5 rings (SSSR count). The van der Waals surface area contributed by atoms with Crippen LogP contribution in [0, 0.1) is 0 Å². The molecule has 1 N–H and O–H groups in total. The molecule has 10 nitrogen and oxygen atoms in total. The van der Waals surface area contributed by atoms with E-state index in [4.69, 9.17) is 27.9 Å². The summed E-state index contributed by atoms with van der Waals surface area (Å²) in [5.74, 6) is -0.331. The van der Waals surface area contributed by atoms with Gasteiger partial charge in [0.05, 0.1) is 34.7 Å². The number of morpholine rings is 1. The Morgan fingerprint density at radius 1 is 0.950 bits per heavy atom. The number of aromatic nitrogens is 2. The molecule has 0 spiro atoms. The predicted molar refractivity (Wildman–Crippen MR) is 153 cm³/mol. The Labute approximate surface area is 239 Å². The molecular weight excluding hydrogens is 579 g/mol. The first kappa shape index (κ1) is 28.1. The number of fused-ring (bicyclic) bond motifs is 1. The van der Waals surface area contributed by atoms with Crippen LogP contribution in [0.5, 0.6) is 0 Å². The molecular formula is C27H24Cl2N4O6S. The molecule has 0 aliphatic carbocycles. The number of hydrogen-bond acceptors (Lipinski definition) is 7. The SMILES string of the molecule is CC(=O)Nc1ccc(CN2CCOCC2)c(-n2c(=O)n(S(=O)(=O)c3ccc(Cl)cc3)c(=O)c3ccc(Cl)cc32)c1. The number of nitrogens with one attached hydrogen (secondary N) is 1. The second-order valence-corrected chi connectivity index (χ2v) is 11.9. The third-order valence-electron chi connectivity index (χ3n) is 6.48. The minimum atomic E-state index is -4.64.